The van der Waals surface area contributed by atoms with Gasteiger partial charge in [-0.2, -0.15) is 0 Å². The fourth-order valence-electron chi connectivity index (χ4n) is 1.59. The van der Waals surface area contributed by atoms with Crippen molar-refractivity contribution >= 4 is 11.3 Å². The molecule has 0 aliphatic heterocycles. The van der Waals surface area contributed by atoms with Gasteiger partial charge in [0, 0.05) is 24.2 Å². The highest BCUT2D eigenvalue weighted by Crippen LogP contribution is 2.25. The van der Waals surface area contributed by atoms with Gasteiger partial charge in [-0.05, 0) is 12.1 Å². The number of ether oxygens (including phenoxy) is 2. The maximum atomic E-state index is 10.9. The highest BCUT2D eigenvalue weighted by atomic mass is 32.1. The number of aromatic nitrogens is 1. The van der Waals surface area contributed by atoms with Crippen molar-refractivity contribution in [2.75, 3.05) is 20.3 Å². The Morgan fingerprint density at radius 2 is 2.11 bits per heavy atom. The first-order valence-corrected chi connectivity index (χ1v) is 6.81. The predicted octanol–water partition coefficient (Wildman–Crippen LogP) is 1.61. The molecular formula is C13H16N2O3S. The van der Waals surface area contributed by atoms with Gasteiger partial charge in [0.1, 0.15) is 6.61 Å². The van der Waals surface area contributed by atoms with E-state index >= 15 is 0 Å². The van der Waals surface area contributed by atoms with Crippen molar-refractivity contribution in [2.24, 2.45) is 0 Å². The lowest BCUT2D eigenvalue weighted by molar-refractivity contribution is 0.292. The van der Waals surface area contributed by atoms with Crippen LogP contribution in [0.25, 0.3) is 0 Å². The van der Waals surface area contributed by atoms with Crippen LogP contribution in [0, 0.1) is 0 Å². The Morgan fingerprint density at radius 1 is 1.32 bits per heavy atom. The van der Waals surface area contributed by atoms with Crippen molar-refractivity contribution in [3.63, 3.8) is 0 Å². The molecule has 6 heteroatoms. The third-order valence-corrected chi connectivity index (χ3v) is 3.21. The second-order valence-corrected chi connectivity index (χ2v) is 4.69. The molecule has 5 nitrogen and oxygen atoms in total. The summed E-state index contributed by atoms with van der Waals surface area (Å²) in [5.41, 5.74) is 0.896. The third kappa shape index (κ3) is 4.11. The number of nitrogens with one attached hydrogen (secondary N) is 2. The molecule has 0 bridgehead atoms. The fourth-order valence-corrected chi connectivity index (χ4v) is 2.18. The summed E-state index contributed by atoms with van der Waals surface area (Å²) in [6.45, 7) is 1.86. The molecule has 0 saturated heterocycles. The zero-order valence-electron chi connectivity index (χ0n) is 10.6. The van der Waals surface area contributed by atoms with Crippen LogP contribution in [0.2, 0.25) is 0 Å². The molecule has 0 unspecified atom stereocenters. The van der Waals surface area contributed by atoms with Crippen LogP contribution in [0.5, 0.6) is 11.5 Å². The molecule has 1 heterocycles. The van der Waals surface area contributed by atoms with E-state index in [4.69, 9.17) is 9.47 Å². The van der Waals surface area contributed by atoms with E-state index in [-0.39, 0.29) is 4.87 Å². The van der Waals surface area contributed by atoms with Gasteiger partial charge in [-0.3, -0.25) is 4.79 Å². The molecular weight excluding hydrogens is 264 g/mol. The normalized spacial score (nSPS) is 10.4. The van der Waals surface area contributed by atoms with Crippen molar-refractivity contribution < 1.29 is 9.47 Å². The number of H-pyrrole nitrogens is 1. The Kier molecular flexibility index (Phi) is 5.00. The zero-order valence-corrected chi connectivity index (χ0v) is 11.5. The van der Waals surface area contributed by atoms with Crippen molar-refractivity contribution in [1.82, 2.24) is 10.3 Å². The average molecular weight is 280 g/mol. The van der Waals surface area contributed by atoms with Gasteiger partial charge >= 0.3 is 4.87 Å². The molecule has 2 N–H and O–H groups in total. The van der Waals surface area contributed by atoms with Crippen LogP contribution >= 0.6 is 11.3 Å². The Hall–Kier alpha value is -1.79. The van der Waals surface area contributed by atoms with Gasteiger partial charge in [0.25, 0.3) is 0 Å². The molecule has 0 spiro atoms. The van der Waals surface area contributed by atoms with Gasteiger partial charge in [-0.15, -0.1) is 0 Å². The fraction of sp³-hybridized carbons (Fsp3) is 0.308. The first kappa shape index (κ1) is 13.6. The summed E-state index contributed by atoms with van der Waals surface area (Å²) >= 11 is 1.17. The van der Waals surface area contributed by atoms with Crippen LogP contribution in [0.4, 0.5) is 0 Å². The summed E-state index contributed by atoms with van der Waals surface area (Å²) in [5, 5.41) is 5.01. The summed E-state index contributed by atoms with van der Waals surface area (Å²) < 4.78 is 10.8. The van der Waals surface area contributed by atoms with E-state index in [1.165, 1.54) is 11.3 Å². The molecule has 0 saturated carbocycles. The number of methoxy groups -OCH3 is 1. The highest BCUT2D eigenvalue weighted by molar-refractivity contribution is 7.07. The molecule has 0 atom stereocenters. The molecule has 2 rings (SSSR count). The van der Waals surface area contributed by atoms with Crippen LogP contribution < -0.4 is 19.7 Å². The van der Waals surface area contributed by atoms with E-state index in [1.807, 2.05) is 29.6 Å². The molecule has 0 radical (unpaired) electrons. The molecule has 0 aliphatic rings. The van der Waals surface area contributed by atoms with Gasteiger partial charge in [0.2, 0.25) is 0 Å². The van der Waals surface area contributed by atoms with Gasteiger partial charge in [-0.25, -0.2) is 0 Å². The number of benzene rings is 1. The van der Waals surface area contributed by atoms with Gasteiger partial charge < -0.3 is 19.8 Å². The summed E-state index contributed by atoms with van der Waals surface area (Å²) in [6.07, 6.45) is 0. The highest BCUT2D eigenvalue weighted by Gasteiger charge is 2.01. The van der Waals surface area contributed by atoms with Gasteiger partial charge in [-0.1, -0.05) is 23.5 Å². The van der Waals surface area contributed by atoms with Crippen molar-refractivity contribution in [1.29, 1.82) is 0 Å². The number of para-hydroxylation sites is 2. The zero-order chi connectivity index (χ0) is 13.5. The molecule has 0 fully saturated rings. The first-order valence-electron chi connectivity index (χ1n) is 5.93. The Morgan fingerprint density at radius 3 is 2.79 bits per heavy atom. The number of aromatic amines is 1. The number of rotatable bonds is 7. The van der Waals surface area contributed by atoms with E-state index in [0.29, 0.717) is 19.7 Å². The van der Waals surface area contributed by atoms with Crippen molar-refractivity contribution in [3.05, 3.63) is 45.0 Å². The first-order chi connectivity index (χ1) is 9.29. The van der Waals surface area contributed by atoms with Crippen LogP contribution in [-0.2, 0) is 6.54 Å². The van der Waals surface area contributed by atoms with Crippen molar-refractivity contribution in [3.8, 4) is 11.5 Å². The summed E-state index contributed by atoms with van der Waals surface area (Å²) in [7, 11) is 1.62. The number of hydrogen-bond acceptors (Lipinski definition) is 5. The number of thiazole rings is 1. The lowest BCUT2D eigenvalue weighted by Gasteiger charge is -2.10. The molecule has 102 valence electrons. The second-order valence-electron chi connectivity index (χ2n) is 3.85. The monoisotopic (exact) mass is 280 g/mol. The average Bonchev–Trinajstić information content (AvgIpc) is 2.84. The SMILES string of the molecule is COc1ccccc1OCCNCc1csc(=O)[nH]1. The van der Waals surface area contributed by atoms with Crippen LogP contribution in [-0.4, -0.2) is 25.2 Å². The quantitative estimate of drug-likeness (QED) is 0.756. The molecule has 19 heavy (non-hydrogen) atoms. The minimum Gasteiger partial charge on any atom is -0.493 e. The Bertz CT molecular complexity index is 565. The van der Waals surface area contributed by atoms with E-state index in [0.717, 1.165) is 17.2 Å². The van der Waals surface area contributed by atoms with Crippen LogP contribution in [0.15, 0.2) is 34.4 Å². The Balaban J connectivity index is 1.70. The molecule has 2 aromatic rings. The van der Waals surface area contributed by atoms with Gasteiger partial charge in [0.05, 0.1) is 7.11 Å². The standard InChI is InChI=1S/C13H16N2O3S/c1-17-11-4-2-3-5-12(11)18-7-6-14-8-10-9-19-13(16)15-10/h2-5,9,14H,6-8H2,1H3,(H,15,16). The predicted molar refractivity (Wildman–Crippen MR) is 75.1 cm³/mol. The topological polar surface area (TPSA) is 63.4 Å². The minimum absolute atomic E-state index is 0.0259. The van der Waals surface area contributed by atoms with Gasteiger partial charge in [0.15, 0.2) is 11.5 Å². The molecule has 0 aliphatic carbocycles. The van der Waals surface area contributed by atoms with E-state index in [1.54, 1.807) is 7.11 Å². The molecule has 1 aromatic carbocycles. The largest absolute Gasteiger partial charge is 0.493 e. The second kappa shape index (κ2) is 6.96. The summed E-state index contributed by atoms with van der Waals surface area (Å²) in [4.78, 5) is 13.6. The third-order valence-electron chi connectivity index (χ3n) is 2.49. The molecule has 1 aromatic heterocycles. The van der Waals surface area contributed by atoms with E-state index in [2.05, 4.69) is 10.3 Å². The van der Waals surface area contributed by atoms with Crippen LogP contribution in [0.1, 0.15) is 5.69 Å². The minimum atomic E-state index is -0.0259. The van der Waals surface area contributed by atoms with E-state index in [9.17, 15) is 4.79 Å². The lowest BCUT2D eigenvalue weighted by atomic mass is 10.3. The number of hydrogen-bond donors (Lipinski definition) is 2. The maximum absolute atomic E-state index is 10.9. The van der Waals surface area contributed by atoms with E-state index < -0.39 is 0 Å². The lowest BCUT2D eigenvalue weighted by Crippen LogP contribution is -2.21. The maximum Gasteiger partial charge on any atom is 0.304 e. The summed E-state index contributed by atoms with van der Waals surface area (Å²) in [5.74, 6) is 1.46. The molecule has 0 amide bonds. The van der Waals surface area contributed by atoms with Crippen LogP contribution in [0.3, 0.4) is 0 Å². The summed E-state index contributed by atoms with van der Waals surface area (Å²) in [6, 6.07) is 7.53. The van der Waals surface area contributed by atoms with Crippen molar-refractivity contribution in [2.45, 2.75) is 6.54 Å². The Labute approximate surface area is 115 Å². The smallest absolute Gasteiger partial charge is 0.304 e.